The Morgan fingerprint density at radius 2 is 1.66 bits per heavy atom. The number of benzene rings is 2. The topological polar surface area (TPSA) is 76.6 Å². The molecule has 1 amide bonds. The van der Waals surface area contributed by atoms with Gasteiger partial charge in [0.05, 0.1) is 31.1 Å². The zero-order valence-electron chi connectivity index (χ0n) is 21.4. The number of fused-ring (bicyclic) bond motifs is 3. The molecule has 0 saturated heterocycles. The van der Waals surface area contributed by atoms with Gasteiger partial charge in [-0.05, 0) is 59.2 Å². The first kappa shape index (κ1) is 25.6. The molecule has 1 aliphatic rings. The average Bonchev–Trinajstić information content (AvgIpc) is 2.95. The quantitative estimate of drug-likeness (QED) is 0.431. The van der Waals surface area contributed by atoms with Crippen LogP contribution >= 0.6 is 0 Å². The molecule has 4 aromatic rings. The molecule has 0 fully saturated rings. The lowest BCUT2D eigenvalue weighted by molar-refractivity contribution is 0.0754. The maximum atomic E-state index is 12.9. The molecular weight excluding hydrogens is 476 g/mol. The lowest BCUT2D eigenvalue weighted by Crippen LogP contribution is -2.28. The molecule has 1 aliphatic heterocycles. The molecule has 2 bridgehead atoms. The molecule has 5 rings (SSSR count). The molecule has 38 heavy (non-hydrogen) atoms. The van der Waals surface area contributed by atoms with Crippen LogP contribution < -0.4 is 10.1 Å². The highest BCUT2D eigenvalue weighted by molar-refractivity contribution is 5.94. The lowest BCUT2D eigenvalue weighted by Gasteiger charge is -2.23. The fourth-order valence-electron chi connectivity index (χ4n) is 4.53. The minimum atomic E-state index is -0.139. The largest absolute Gasteiger partial charge is 0.491 e. The number of nitrogens with one attached hydrogen (secondary N) is 1. The Kier molecular flexibility index (Phi) is 8.71. The monoisotopic (exact) mass is 508 g/mol. The lowest BCUT2D eigenvalue weighted by atomic mass is 9.99. The zero-order chi connectivity index (χ0) is 26.0. The second kappa shape index (κ2) is 12.9. The average molecular weight is 509 g/mol. The van der Waals surface area contributed by atoms with Gasteiger partial charge >= 0.3 is 0 Å². The predicted octanol–water partition coefficient (Wildman–Crippen LogP) is 4.41. The molecule has 194 valence electrons. The van der Waals surface area contributed by atoms with E-state index >= 15 is 0 Å². The Labute approximate surface area is 223 Å². The van der Waals surface area contributed by atoms with Crippen LogP contribution in [0, 0.1) is 0 Å². The molecule has 2 aromatic carbocycles. The smallest absolute Gasteiger partial charge is 0.251 e. The first-order valence-electron chi connectivity index (χ1n) is 12.9. The molecule has 7 heteroatoms. The van der Waals surface area contributed by atoms with E-state index in [0.29, 0.717) is 38.3 Å². The Balaban J connectivity index is 1.34. The van der Waals surface area contributed by atoms with Gasteiger partial charge in [-0.15, -0.1) is 0 Å². The summed E-state index contributed by atoms with van der Waals surface area (Å²) in [5.41, 5.74) is 5.81. The zero-order valence-corrected chi connectivity index (χ0v) is 21.4. The Hall–Kier alpha value is -4.07. The second-order valence-electron chi connectivity index (χ2n) is 9.32. The van der Waals surface area contributed by atoms with Gasteiger partial charge in [0.1, 0.15) is 12.4 Å². The van der Waals surface area contributed by atoms with Crippen LogP contribution in [0.25, 0.3) is 0 Å². The molecule has 0 atom stereocenters. The van der Waals surface area contributed by atoms with Crippen molar-refractivity contribution in [2.45, 2.75) is 26.1 Å². The van der Waals surface area contributed by atoms with Gasteiger partial charge in [-0.3, -0.25) is 19.7 Å². The number of carbonyl (C=O) groups excluding carboxylic acids is 1. The van der Waals surface area contributed by atoms with Crippen LogP contribution in [-0.4, -0.2) is 47.1 Å². The third-order valence-electron chi connectivity index (χ3n) is 6.42. The highest BCUT2D eigenvalue weighted by Gasteiger charge is 2.14. The Morgan fingerprint density at radius 1 is 0.842 bits per heavy atom. The van der Waals surface area contributed by atoms with Gasteiger partial charge in [0.25, 0.3) is 5.91 Å². The number of hydrogen-bond acceptors (Lipinski definition) is 6. The van der Waals surface area contributed by atoms with Crippen LogP contribution in [-0.2, 0) is 30.8 Å². The van der Waals surface area contributed by atoms with Crippen molar-refractivity contribution in [3.8, 4) is 5.75 Å². The van der Waals surface area contributed by atoms with Crippen LogP contribution in [0.3, 0.4) is 0 Å². The third kappa shape index (κ3) is 7.25. The number of nitrogens with zero attached hydrogens (tertiary/aromatic N) is 3. The van der Waals surface area contributed by atoms with Crippen LogP contribution in [0.5, 0.6) is 5.75 Å². The van der Waals surface area contributed by atoms with Crippen molar-refractivity contribution in [3.63, 3.8) is 0 Å². The van der Waals surface area contributed by atoms with Crippen molar-refractivity contribution >= 4 is 5.91 Å². The van der Waals surface area contributed by atoms with Gasteiger partial charge in [-0.25, -0.2) is 0 Å². The number of pyridine rings is 2. The molecule has 0 unspecified atom stereocenters. The van der Waals surface area contributed by atoms with E-state index in [2.05, 4.69) is 50.5 Å². The van der Waals surface area contributed by atoms with E-state index in [1.165, 1.54) is 11.1 Å². The number of rotatable bonds is 5. The molecule has 1 N–H and O–H groups in total. The van der Waals surface area contributed by atoms with Crippen LogP contribution in [0.4, 0.5) is 0 Å². The molecule has 0 spiro atoms. The summed E-state index contributed by atoms with van der Waals surface area (Å²) in [5.74, 6) is 0.634. The van der Waals surface area contributed by atoms with Crippen molar-refractivity contribution in [2.24, 2.45) is 0 Å². The molecule has 7 nitrogen and oxygen atoms in total. The highest BCUT2D eigenvalue weighted by atomic mass is 16.5. The van der Waals surface area contributed by atoms with E-state index in [9.17, 15) is 4.79 Å². The summed E-state index contributed by atoms with van der Waals surface area (Å²) in [6.45, 7) is 4.28. The molecule has 0 saturated carbocycles. The minimum Gasteiger partial charge on any atom is -0.491 e. The first-order valence-corrected chi connectivity index (χ1v) is 12.9. The fourth-order valence-corrected chi connectivity index (χ4v) is 4.53. The van der Waals surface area contributed by atoms with Gasteiger partial charge in [0.15, 0.2) is 0 Å². The number of amides is 1. The van der Waals surface area contributed by atoms with E-state index in [1.54, 1.807) is 6.20 Å². The first-order chi connectivity index (χ1) is 18.7. The number of hydrogen-bond donors (Lipinski definition) is 1. The van der Waals surface area contributed by atoms with Crippen molar-refractivity contribution in [3.05, 3.63) is 125 Å². The van der Waals surface area contributed by atoms with Crippen molar-refractivity contribution in [1.82, 2.24) is 20.2 Å². The SMILES string of the molecule is O=C(NCc1ccccn1)c1ccc2c(c1)Cc1cccc(c1)CN(Cc1ccccn1)CCOCCO2. The summed E-state index contributed by atoms with van der Waals surface area (Å²) < 4.78 is 12.0. The Morgan fingerprint density at radius 3 is 2.47 bits per heavy atom. The summed E-state index contributed by atoms with van der Waals surface area (Å²) in [7, 11) is 0. The highest BCUT2D eigenvalue weighted by Crippen LogP contribution is 2.25. The van der Waals surface area contributed by atoms with Crippen LogP contribution in [0.1, 0.15) is 38.4 Å². The molecule has 2 aromatic heterocycles. The summed E-state index contributed by atoms with van der Waals surface area (Å²) in [4.78, 5) is 24.0. The number of aromatic nitrogens is 2. The van der Waals surface area contributed by atoms with Crippen molar-refractivity contribution in [1.29, 1.82) is 0 Å². The summed E-state index contributed by atoms with van der Waals surface area (Å²) in [6, 6.07) is 25.9. The van der Waals surface area contributed by atoms with Gasteiger partial charge in [-0.1, -0.05) is 36.4 Å². The number of carbonyl (C=O) groups is 1. The van der Waals surface area contributed by atoms with E-state index in [1.807, 2.05) is 54.7 Å². The van der Waals surface area contributed by atoms with Gasteiger partial charge in [0.2, 0.25) is 0 Å². The normalized spacial score (nSPS) is 14.5. The van der Waals surface area contributed by atoms with Crippen molar-refractivity contribution in [2.75, 3.05) is 26.4 Å². The van der Waals surface area contributed by atoms with Crippen LogP contribution in [0.15, 0.2) is 91.3 Å². The molecular formula is C31H32N4O3. The maximum Gasteiger partial charge on any atom is 0.251 e. The second-order valence-corrected chi connectivity index (χ2v) is 9.32. The maximum absolute atomic E-state index is 12.9. The molecule has 0 aliphatic carbocycles. The standard InChI is InChI=1S/C31H32N4O3/c36-31(34-21-28-8-1-3-12-32-28)26-10-11-30-27(20-26)19-24-6-5-7-25(18-24)22-35(14-15-37-16-17-38-30)23-29-9-2-4-13-33-29/h1-13,18,20H,14-17,19,21-23H2,(H,34,36). The van der Waals surface area contributed by atoms with Crippen LogP contribution in [0.2, 0.25) is 0 Å². The summed E-state index contributed by atoms with van der Waals surface area (Å²) >= 11 is 0. The molecule has 0 radical (unpaired) electrons. The fraction of sp³-hybridized carbons (Fsp3) is 0.258. The minimum absolute atomic E-state index is 0.139. The van der Waals surface area contributed by atoms with Gasteiger partial charge in [0, 0.05) is 44.0 Å². The van der Waals surface area contributed by atoms with E-state index in [-0.39, 0.29) is 5.91 Å². The summed E-state index contributed by atoms with van der Waals surface area (Å²) in [5, 5.41) is 2.96. The third-order valence-corrected chi connectivity index (χ3v) is 6.42. The summed E-state index contributed by atoms with van der Waals surface area (Å²) in [6.07, 6.45) is 4.21. The number of ether oxygens (including phenoxy) is 2. The van der Waals surface area contributed by atoms with E-state index < -0.39 is 0 Å². The van der Waals surface area contributed by atoms with E-state index in [4.69, 9.17) is 9.47 Å². The van der Waals surface area contributed by atoms with Gasteiger partial charge in [-0.2, -0.15) is 0 Å². The predicted molar refractivity (Wildman–Crippen MR) is 146 cm³/mol. The van der Waals surface area contributed by atoms with E-state index in [0.717, 1.165) is 42.3 Å². The molecule has 3 heterocycles. The van der Waals surface area contributed by atoms with Gasteiger partial charge < -0.3 is 14.8 Å². The van der Waals surface area contributed by atoms with Crippen molar-refractivity contribution < 1.29 is 14.3 Å². The Bertz CT molecular complexity index is 1330.